The zero-order valence-electron chi connectivity index (χ0n) is 12.1. The van der Waals surface area contributed by atoms with Crippen LogP contribution in [0.15, 0.2) is 28.8 Å². The van der Waals surface area contributed by atoms with Crippen molar-refractivity contribution in [1.29, 1.82) is 0 Å². The molecule has 1 atom stereocenters. The van der Waals surface area contributed by atoms with Crippen LogP contribution in [0.25, 0.3) is 0 Å². The van der Waals surface area contributed by atoms with Crippen LogP contribution in [-0.2, 0) is 24.4 Å². The first-order valence-electron chi connectivity index (χ1n) is 6.68. The summed E-state index contributed by atoms with van der Waals surface area (Å²) >= 11 is 6.20. The molecule has 21 heavy (non-hydrogen) atoms. The lowest BCUT2D eigenvalue weighted by Gasteiger charge is -2.09. The number of halogens is 1. The summed E-state index contributed by atoms with van der Waals surface area (Å²) in [4.78, 5) is 0. The fraction of sp³-hybridized carbons (Fsp3) is 0.400. The molecule has 0 aliphatic rings. The van der Waals surface area contributed by atoms with Gasteiger partial charge in [-0.25, -0.2) is 0 Å². The molecule has 1 unspecified atom stereocenters. The average molecular weight is 311 g/mol. The Balaban J connectivity index is 1.96. The standard InChI is InChI=1S/C15H19ClN2O3/c1-10(17)5-11-3-4-15(14(16)6-11)20-8-12-7-13(9-19-2)21-18-12/h3-4,6-7,10H,5,8-9,17H2,1-2H3. The highest BCUT2D eigenvalue weighted by atomic mass is 35.5. The molecule has 2 aromatic rings. The van der Waals surface area contributed by atoms with E-state index in [1.165, 1.54) is 0 Å². The molecular weight excluding hydrogens is 292 g/mol. The van der Waals surface area contributed by atoms with Crippen LogP contribution in [0.2, 0.25) is 5.02 Å². The summed E-state index contributed by atoms with van der Waals surface area (Å²) in [5, 5.41) is 4.46. The van der Waals surface area contributed by atoms with Gasteiger partial charge >= 0.3 is 0 Å². The number of benzene rings is 1. The summed E-state index contributed by atoms with van der Waals surface area (Å²) in [6.07, 6.45) is 0.781. The van der Waals surface area contributed by atoms with Crippen LogP contribution >= 0.6 is 11.6 Å². The molecule has 0 aliphatic carbocycles. The van der Waals surface area contributed by atoms with Crippen molar-refractivity contribution in [2.24, 2.45) is 5.73 Å². The Morgan fingerprint density at radius 1 is 1.33 bits per heavy atom. The minimum atomic E-state index is 0.0992. The van der Waals surface area contributed by atoms with Crippen LogP contribution in [0.3, 0.4) is 0 Å². The van der Waals surface area contributed by atoms with Crippen molar-refractivity contribution in [3.8, 4) is 5.75 Å². The van der Waals surface area contributed by atoms with Gasteiger partial charge in [0.15, 0.2) is 5.76 Å². The SMILES string of the molecule is COCc1cc(COc2ccc(CC(C)N)cc2Cl)no1. The third kappa shape index (κ3) is 4.74. The first-order valence-corrected chi connectivity index (χ1v) is 7.06. The number of ether oxygens (including phenoxy) is 2. The van der Waals surface area contributed by atoms with E-state index in [0.717, 1.165) is 12.0 Å². The van der Waals surface area contributed by atoms with E-state index in [0.29, 0.717) is 35.4 Å². The second kappa shape index (κ2) is 7.45. The third-order valence-electron chi connectivity index (χ3n) is 2.82. The maximum Gasteiger partial charge on any atom is 0.162 e. The van der Waals surface area contributed by atoms with E-state index in [2.05, 4.69) is 5.16 Å². The predicted octanol–water partition coefficient (Wildman–Crippen LogP) is 2.94. The molecule has 0 saturated heterocycles. The van der Waals surface area contributed by atoms with Gasteiger partial charge in [0.05, 0.1) is 5.02 Å². The van der Waals surface area contributed by atoms with Crippen molar-refractivity contribution in [3.63, 3.8) is 0 Å². The average Bonchev–Trinajstić information content (AvgIpc) is 2.85. The molecule has 1 aromatic heterocycles. The van der Waals surface area contributed by atoms with Crippen LogP contribution in [0.1, 0.15) is 23.9 Å². The number of hydrogen-bond donors (Lipinski definition) is 1. The minimum absolute atomic E-state index is 0.0992. The molecule has 1 heterocycles. The fourth-order valence-corrected chi connectivity index (χ4v) is 2.20. The Labute approximate surface area is 129 Å². The summed E-state index contributed by atoms with van der Waals surface area (Å²) < 4.78 is 15.7. The van der Waals surface area contributed by atoms with Gasteiger partial charge in [-0.1, -0.05) is 22.8 Å². The Bertz CT molecular complexity index is 584. The van der Waals surface area contributed by atoms with Gasteiger partial charge in [0, 0.05) is 19.2 Å². The van der Waals surface area contributed by atoms with E-state index in [9.17, 15) is 0 Å². The zero-order chi connectivity index (χ0) is 15.2. The van der Waals surface area contributed by atoms with Crippen molar-refractivity contribution in [2.75, 3.05) is 7.11 Å². The second-order valence-electron chi connectivity index (χ2n) is 4.95. The van der Waals surface area contributed by atoms with Gasteiger partial charge in [-0.2, -0.15) is 0 Å². The molecule has 1 aromatic carbocycles. The van der Waals surface area contributed by atoms with Crippen molar-refractivity contribution >= 4 is 11.6 Å². The molecule has 5 nitrogen and oxygen atoms in total. The topological polar surface area (TPSA) is 70.5 Å². The van der Waals surface area contributed by atoms with Gasteiger partial charge in [0.1, 0.15) is 24.7 Å². The van der Waals surface area contributed by atoms with E-state index in [1.807, 2.05) is 25.1 Å². The monoisotopic (exact) mass is 310 g/mol. The summed E-state index contributed by atoms with van der Waals surface area (Å²) in [7, 11) is 1.60. The quantitative estimate of drug-likeness (QED) is 0.851. The minimum Gasteiger partial charge on any atom is -0.486 e. The van der Waals surface area contributed by atoms with Crippen LogP contribution in [0, 0.1) is 0 Å². The Morgan fingerprint density at radius 2 is 2.14 bits per heavy atom. The van der Waals surface area contributed by atoms with E-state index >= 15 is 0 Å². The summed E-state index contributed by atoms with van der Waals surface area (Å²) in [6, 6.07) is 7.57. The number of nitrogens with two attached hydrogens (primary N) is 1. The fourth-order valence-electron chi connectivity index (χ4n) is 1.95. The van der Waals surface area contributed by atoms with Crippen molar-refractivity contribution < 1.29 is 14.0 Å². The number of nitrogens with zero attached hydrogens (tertiary/aromatic N) is 1. The number of methoxy groups -OCH3 is 1. The van der Waals surface area contributed by atoms with E-state index in [1.54, 1.807) is 13.2 Å². The zero-order valence-corrected chi connectivity index (χ0v) is 12.9. The van der Waals surface area contributed by atoms with Crippen molar-refractivity contribution in [2.45, 2.75) is 32.6 Å². The smallest absolute Gasteiger partial charge is 0.162 e. The molecule has 2 N–H and O–H groups in total. The second-order valence-corrected chi connectivity index (χ2v) is 5.36. The lowest BCUT2D eigenvalue weighted by molar-refractivity contribution is 0.155. The largest absolute Gasteiger partial charge is 0.486 e. The Hall–Kier alpha value is -1.56. The van der Waals surface area contributed by atoms with Gasteiger partial charge in [-0.15, -0.1) is 0 Å². The van der Waals surface area contributed by atoms with Crippen molar-refractivity contribution in [3.05, 3.63) is 46.3 Å². The van der Waals surface area contributed by atoms with E-state index < -0.39 is 0 Å². The van der Waals surface area contributed by atoms with E-state index in [-0.39, 0.29) is 6.04 Å². The maximum atomic E-state index is 6.20. The van der Waals surface area contributed by atoms with Gasteiger partial charge in [0.25, 0.3) is 0 Å². The molecule has 114 valence electrons. The molecule has 0 amide bonds. The molecule has 0 fully saturated rings. The third-order valence-corrected chi connectivity index (χ3v) is 3.12. The van der Waals surface area contributed by atoms with Crippen LogP contribution in [-0.4, -0.2) is 18.3 Å². The lowest BCUT2D eigenvalue weighted by Crippen LogP contribution is -2.17. The Kier molecular flexibility index (Phi) is 5.61. The van der Waals surface area contributed by atoms with Gasteiger partial charge in [0.2, 0.25) is 0 Å². The summed E-state index contributed by atoms with van der Waals surface area (Å²) in [6.45, 7) is 2.64. The summed E-state index contributed by atoms with van der Waals surface area (Å²) in [5.41, 5.74) is 7.55. The molecule has 6 heteroatoms. The number of aromatic nitrogens is 1. The first kappa shape index (κ1) is 15.8. The highest BCUT2D eigenvalue weighted by molar-refractivity contribution is 6.32. The number of rotatable bonds is 7. The van der Waals surface area contributed by atoms with Crippen LogP contribution in [0.4, 0.5) is 0 Å². The van der Waals surface area contributed by atoms with Gasteiger partial charge in [-0.05, 0) is 31.0 Å². The maximum absolute atomic E-state index is 6.20. The van der Waals surface area contributed by atoms with Crippen LogP contribution < -0.4 is 10.5 Å². The number of hydrogen-bond acceptors (Lipinski definition) is 5. The summed E-state index contributed by atoms with van der Waals surface area (Å²) in [5.74, 6) is 1.27. The van der Waals surface area contributed by atoms with Crippen LogP contribution in [0.5, 0.6) is 5.75 Å². The molecule has 2 rings (SSSR count). The van der Waals surface area contributed by atoms with Gasteiger partial charge in [-0.3, -0.25) is 0 Å². The highest BCUT2D eigenvalue weighted by Crippen LogP contribution is 2.26. The molecular formula is C15H19ClN2O3. The highest BCUT2D eigenvalue weighted by Gasteiger charge is 2.08. The predicted molar refractivity (Wildman–Crippen MR) is 80.4 cm³/mol. The molecule has 0 radical (unpaired) electrons. The Morgan fingerprint density at radius 3 is 2.81 bits per heavy atom. The molecule has 0 bridgehead atoms. The first-order chi connectivity index (χ1) is 10.1. The lowest BCUT2D eigenvalue weighted by atomic mass is 10.1. The molecule has 0 saturated carbocycles. The molecule has 0 spiro atoms. The van der Waals surface area contributed by atoms with Crippen molar-refractivity contribution in [1.82, 2.24) is 5.16 Å². The van der Waals surface area contributed by atoms with Gasteiger partial charge < -0.3 is 19.7 Å². The molecule has 0 aliphatic heterocycles. The normalized spacial score (nSPS) is 12.4. The van der Waals surface area contributed by atoms with E-state index in [4.69, 9.17) is 31.3 Å².